The fourth-order valence-electron chi connectivity index (χ4n) is 2.89. The molecular formula is C16H21F3N2O. The zero-order chi connectivity index (χ0) is 16.3. The van der Waals surface area contributed by atoms with E-state index >= 15 is 0 Å². The summed E-state index contributed by atoms with van der Waals surface area (Å²) in [6.45, 7) is 5.67. The highest BCUT2D eigenvalue weighted by atomic mass is 19.4. The van der Waals surface area contributed by atoms with E-state index in [9.17, 15) is 18.0 Å². The molecule has 1 amide bonds. The van der Waals surface area contributed by atoms with E-state index in [1.165, 1.54) is 12.1 Å². The minimum atomic E-state index is -4.39. The van der Waals surface area contributed by atoms with Crippen molar-refractivity contribution in [2.75, 3.05) is 19.6 Å². The Balaban J connectivity index is 2.12. The van der Waals surface area contributed by atoms with Gasteiger partial charge in [-0.05, 0) is 24.5 Å². The van der Waals surface area contributed by atoms with Gasteiger partial charge in [0.2, 0.25) is 5.91 Å². The van der Waals surface area contributed by atoms with E-state index in [1.54, 1.807) is 17.9 Å². The largest absolute Gasteiger partial charge is 0.416 e. The number of rotatable bonds is 3. The van der Waals surface area contributed by atoms with Crippen molar-refractivity contribution in [3.05, 3.63) is 35.4 Å². The summed E-state index contributed by atoms with van der Waals surface area (Å²) >= 11 is 0. The van der Waals surface area contributed by atoms with Crippen molar-refractivity contribution in [1.29, 1.82) is 0 Å². The first-order chi connectivity index (χ1) is 10.3. The fourth-order valence-corrected chi connectivity index (χ4v) is 2.89. The summed E-state index contributed by atoms with van der Waals surface area (Å²) in [5, 5.41) is 3.19. The van der Waals surface area contributed by atoms with Gasteiger partial charge in [-0.25, -0.2) is 0 Å². The summed E-state index contributed by atoms with van der Waals surface area (Å²) in [7, 11) is 0. The Morgan fingerprint density at radius 3 is 2.73 bits per heavy atom. The third-order valence-electron chi connectivity index (χ3n) is 4.10. The molecule has 22 heavy (non-hydrogen) atoms. The van der Waals surface area contributed by atoms with E-state index in [4.69, 9.17) is 0 Å². The van der Waals surface area contributed by atoms with Crippen molar-refractivity contribution in [2.45, 2.75) is 38.4 Å². The molecule has 6 heteroatoms. The van der Waals surface area contributed by atoms with Crippen LogP contribution in [-0.2, 0) is 11.0 Å². The van der Waals surface area contributed by atoms with E-state index < -0.39 is 17.7 Å². The molecule has 2 rings (SSSR count). The van der Waals surface area contributed by atoms with Crippen LogP contribution in [0.1, 0.15) is 37.3 Å². The van der Waals surface area contributed by atoms with E-state index in [0.717, 1.165) is 19.2 Å². The summed E-state index contributed by atoms with van der Waals surface area (Å²) in [5.74, 6) is -0.550. The van der Waals surface area contributed by atoms with Crippen LogP contribution < -0.4 is 5.32 Å². The first kappa shape index (κ1) is 16.8. The summed E-state index contributed by atoms with van der Waals surface area (Å²) < 4.78 is 39.2. The van der Waals surface area contributed by atoms with Crippen LogP contribution in [0.25, 0.3) is 0 Å². The summed E-state index contributed by atoms with van der Waals surface area (Å²) in [5.41, 5.74) is -0.463. The van der Waals surface area contributed by atoms with Gasteiger partial charge in [-0.15, -0.1) is 0 Å². The van der Waals surface area contributed by atoms with Gasteiger partial charge in [0.1, 0.15) is 0 Å². The number of nitrogens with zero attached hydrogens (tertiary/aromatic N) is 1. The first-order valence-corrected chi connectivity index (χ1v) is 7.47. The second-order valence-electron chi connectivity index (χ2n) is 5.83. The summed E-state index contributed by atoms with van der Waals surface area (Å²) in [6, 6.07) is 5.57. The average molecular weight is 314 g/mol. The van der Waals surface area contributed by atoms with E-state index in [-0.39, 0.29) is 23.9 Å². The SMILES string of the molecule is CC(CC(=O)N1CCNCC1C)c1ccccc1C(F)(F)F. The van der Waals surface area contributed by atoms with Crippen LogP contribution in [0, 0.1) is 0 Å². The second-order valence-corrected chi connectivity index (χ2v) is 5.83. The third-order valence-corrected chi connectivity index (χ3v) is 4.10. The molecule has 1 N–H and O–H groups in total. The highest BCUT2D eigenvalue weighted by molar-refractivity contribution is 5.77. The molecule has 2 unspecified atom stereocenters. The molecule has 0 spiro atoms. The number of nitrogens with one attached hydrogen (secondary N) is 1. The standard InChI is InChI=1S/C16H21F3N2O/c1-11(9-15(22)21-8-7-20-10-12(21)2)13-5-3-4-6-14(13)16(17,18)19/h3-6,11-12,20H,7-10H2,1-2H3. The lowest BCUT2D eigenvalue weighted by molar-refractivity contribution is -0.139. The van der Waals surface area contributed by atoms with Gasteiger partial charge >= 0.3 is 6.18 Å². The Labute approximate surface area is 128 Å². The normalized spacial score (nSPS) is 20.8. The molecule has 1 fully saturated rings. The van der Waals surface area contributed by atoms with Gasteiger partial charge in [0.05, 0.1) is 5.56 Å². The quantitative estimate of drug-likeness (QED) is 0.930. The molecule has 1 aromatic carbocycles. The summed E-state index contributed by atoms with van der Waals surface area (Å²) in [6.07, 6.45) is -4.30. The highest BCUT2D eigenvalue weighted by Gasteiger charge is 2.35. The molecule has 0 aliphatic carbocycles. The van der Waals surface area contributed by atoms with Crippen molar-refractivity contribution in [2.24, 2.45) is 0 Å². The minimum absolute atomic E-state index is 0.0753. The van der Waals surface area contributed by atoms with Crippen LogP contribution in [0.15, 0.2) is 24.3 Å². The Morgan fingerprint density at radius 2 is 2.09 bits per heavy atom. The number of halogens is 3. The molecule has 0 bridgehead atoms. The van der Waals surface area contributed by atoms with Gasteiger partial charge in [0.15, 0.2) is 0 Å². The molecule has 1 aromatic rings. The second kappa shape index (κ2) is 6.69. The lowest BCUT2D eigenvalue weighted by atomic mass is 9.92. The zero-order valence-electron chi connectivity index (χ0n) is 12.8. The highest BCUT2D eigenvalue weighted by Crippen LogP contribution is 2.36. The van der Waals surface area contributed by atoms with Crippen LogP contribution in [0.5, 0.6) is 0 Å². The topological polar surface area (TPSA) is 32.3 Å². The molecule has 1 saturated heterocycles. The van der Waals surface area contributed by atoms with Gasteiger partial charge in [-0.2, -0.15) is 13.2 Å². The predicted octanol–water partition coefficient (Wildman–Crippen LogP) is 3.02. The average Bonchev–Trinajstić information content (AvgIpc) is 2.46. The molecule has 0 saturated carbocycles. The minimum Gasteiger partial charge on any atom is -0.337 e. The molecule has 1 aliphatic heterocycles. The van der Waals surface area contributed by atoms with Crippen molar-refractivity contribution >= 4 is 5.91 Å². The van der Waals surface area contributed by atoms with Gasteiger partial charge in [0, 0.05) is 32.1 Å². The van der Waals surface area contributed by atoms with Gasteiger partial charge < -0.3 is 10.2 Å². The Bertz CT molecular complexity index is 530. The van der Waals surface area contributed by atoms with Crippen molar-refractivity contribution in [3.8, 4) is 0 Å². The zero-order valence-corrected chi connectivity index (χ0v) is 12.8. The third kappa shape index (κ3) is 3.80. The number of alkyl halides is 3. The first-order valence-electron chi connectivity index (χ1n) is 7.47. The monoisotopic (exact) mass is 314 g/mol. The molecule has 122 valence electrons. The Kier molecular flexibility index (Phi) is 5.11. The van der Waals surface area contributed by atoms with Gasteiger partial charge in [0.25, 0.3) is 0 Å². The number of carbonyl (C=O) groups is 1. The Hall–Kier alpha value is -1.56. The number of benzene rings is 1. The van der Waals surface area contributed by atoms with E-state index in [2.05, 4.69) is 5.32 Å². The van der Waals surface area contributed by atoms with Crippen LogP contribution >= 0.6 is 0 Å². The van der Waals surface area contributed by atoms with Crippen LogP contribution in [0.4, 0.5) is 13.2 Å². The predicted molar refractivity (Wildman–Crippen MR) is 78.5 cm³/mol. The van der Waals surface area contributed by atoms with E-state index in [0.29, 0.717) is 6.54 Å². The van der Waals surface area contributed by atoms with Crippen LogP contribution in [0.2, 0.25) is 0 Å². The number of piperazine rings is 1. The molecule has 3 nitrogen and oxygen atoms in total. The van der Waals surface area contributed by atoms with Gasteiger partial charge in [-0.3, -0.25) is 4.79 Å². The molecule has 1 aliphatic rings. The maximum absolute atomic E-state index is 13.1. The lowest BCUT2D eigenvalue weighted by Gasteiger charge is -2.34. The number of hydrogen-bond donors (Lipinski definition) is 1. The number of hydrogen-bond acceptors (Lipinski definition) is 2. The van der Waals surface area contributed by atoms with E-state index in [1.807, 2.05) is 6.92 Å². The van der Waals surface area contributed by atoms with Crippen LogP contribution in [-0.4, -0.2) is 36.5 Å². The molecule has 0 radical (unpaired) electrons. The maximum Gasteiger partial charge on any atom is 0.416 e. The summed E-state index contributed by atoms with van der Waals surface area (Å²) in [4.78, 5) is 14.1. The molecular weight excluding hydrogens is 293 g/mol. The molecule has 2 atom stereocenters. The maximum atomic E-state index is 13.1. The van der Waals surface area contributed by atoms with Crippen molar-refractivity contribution in [3.63, 3.8) is 0 Å². The van der Waals surface area contributed by atoms with Crippen LogP contribution in [0.3, 0.4) is 0 Å². The number of carbonyl (C=O) groups excluding carboxylic acids is 1. The molecule has 0 aromatic heterocycles. The van der Waals surface area contributed by atoms with Gasteiger partial charge in [-0.1, -0.05) is 25.1 Å². The lowest BCUT2D eigenvalue weighted by Crippen LogP contribution is -2.52. The number of amides is 1. The Morgan fingerprint density at radius 1 is 1.41 bits per heavy atom. The molecule has 1 heterocycles. The van der Waals surface area contributed by atoms with Crippen molar-refractivity contribution in [1.82, 2.24) is 10.2 Å². The smallest absolute Gasteiger partial charge is 0.337 e. The van der Waals surface area contributed by atoms with Crippen molar-refractivity contribution < 1.29 is 18.0 Å². The fraction of sp³-hybridized carbons (Fsp3) is 0.562.